The number of benzene rings is 2. The molecular formula is C22H24N2O5. The molecule has 0 bridgehead atoms. The fraction of sp³-hybridized carbons (Fsp3) is 0.273. The Hall–Kier alpha value is -3.48. The molecular weight excluding hydrogens is 372 g/mol. The molecule has 2 aromatic rings. The Balaban J connectivity index is 1.70. The Morgan fingerprint density at radius 2 is 1.55 bits per heavy atom. The SMILES string of the molecule is CCc1ccc(NC(=O)COC(=O)CCC(=O)Nc2cccc(C(C)=O)c2)cc1. The molecule has 0 aliphatic carbocycles. The number of anilines is 2. The third-order valence-electron chi connectivity index (χ3n) is 4.12. The maximum Gasteiger partial charge on any atom is 0.306 e. The number of hydrogen-bond acceptors (Lipinski definition) is 5. The van der Waals surface area contributed by atoms with E-state index in [-0.39, 0.29) is 24.5 Å². The van der Waals surface area contributed by atoms with Crippen LogP contribution >= 0.6 is 0 Å². The van der Waals surface area contributed by atoms with Crippen LogP contribution in [0.2, 0.25) is 0 Å². The van der Waals surface area contributed by atoms with Crippen molar-refractivity contribution in [2.75, 3.05) is 17.2 Å². The highest BCUT2D eigenvalue weighted by Gasteiger charge is 2.11. The molecule has 2 amide bonds. The zero-order valence-electron chi connectivity index (χ0n) is 16.5. The highest BCUT2D eigenvalue weighted by atomic mass is 16.5. The molecule has 0 heterocycles. The number of aryl methyl sites for hydroxylation is 1. The quantitative estimate of drug-likeness (QED) is 0.500. The van der Waals surface area contributed by atoms with E-state index >= 15 is 0 Å². The number of carbonyl (C=O) groups excluding carboxylic acids is 4. The topological polar surface area (TPSA) is 102 Å². The van der Waals surface area contributed by atoms with Crippen molar-refractivity contribution in [1.82, 2.24) is 0 Å². The smallest absolute Gasteiger partial charge is 0.306 e. The molecule has 29 heavy (non-hydrogen) atoms. The molecule has 2 rings (SSSR count). The van der Waals surface area contributed by atoms with Gasteiger partial charge in [-0.05, 0) is 43.2 Å². The van der Waals surface area contributed by atoms with Gasteiger partial charge in [0.25, 0.3) is 5.91 Å². The van der Waals surface area contributed by atoms with Crippen molar-refractivity contribution in [3.05, 3.63) is 59.7 Å². The van der Waals surface area contributed by atoms with Crippen molar-refractivity contribution >= 4 is 34.9 Å². The molecule has 7 nitrogen and oxygen atoms in total. The summed E-state index contributed by atoms with van der Waals surface area (Å²) in [4.78, 5) is 46.9. The van der Waals surface area contributed by atoms with E-state index in [9.17, 15) is 19.2 Å². The molecule has 152 valence electrons. The van der Waals surface area contributed by atoms with E-state index in [4.69, 9.17) is 4.74 Å². The summed E-state index contributed by atoms with van der Waals surface area (Å²) >= 11 is 0. The molecule has 0 saturated carbocycles. The zero-order valence-corrected chi connectivity index (χ0v) is 16.5. The number of nitrogens with one attached hydrogen (secondary N) is 2. The first-order valence-corrected chi connectivity index (χ1v) is 9.32. The predicted octanol–water partition coefficient (Wildman–Crippen LogP) is 3.35. The van der Waals surface area contributed by atoms with Crippen LogP contribution in [0, 0.1) is 0 Å². The average molecular weight is 396 g/mol. The van der Waals surface area contributed by atoms with Crippen molar-refractivity contribution in [2.24, 2.45) is 0 Å². The number of hydrogen-bond donors (Lipinski definition) is 2. The number of ether oxygens (including phenoxy) is 1. The highest BCUT2D eigenvalue weighted by Crippen LogP contribution is 2.12. The van der Waals surface area contributed by atoms with Gasteiger partial charge in [-0.25, -0.2) is 0 Å². The Bertz CT molecular complexity index is 890. The van der Waals surface area contributed by atoms with Crippen molar-refractivity contribution < 1.29 is 23.9 Å². The van der Waals surface area contributed by atoms with Gasteiger partial charge in [-0.15, -0.1) is 0 Å². The summed E-state index contributed by atoms with van der Waals surface area (Å²) in [5.41, 5.74) is 2.73. The van der Waals surface area contributed by atoms with Gasteiger partial charge in [0.2, 0.25) is 5.91 Å². The molecule has 2 N–H and O–H groups in total. The van der Waals surface area contributed by atoms with Crippen LogP contribution in [0.25, 0.3) is 0 Å². The van der Waals surface area contributed by atoms with Gasteiger partial charge < -0.3 is 15.4 Å². The van der Waals surface area contributed by atoms with E-state index in [0.29, 0.717) is 16.9 Å². The number of amides is 2. The summed E-state index contributed by atoms with van der Waals surface area (Å²) in [6, 6.07) is 13.9. The Labute approximate surface area is 169 Å². The summed E-state index contributed by atoms with van der Waals surface area (Å²) in [5, 5.41) is 5.26. The van der Waals surface area contributed by atoms with Crippen LogP contribution in [0.15, 0.2) is 48.5 Å². The fourth-order valence-corrected chi connectivity index (χ4v) is 2.49. The second-order valence-electron chi connectivity index (χ2n) is 6.44. The van der Waals surface area contributed by atoms with Crippen molar-refractivity contribution in [3.8, 4) is 0 Å². The van der Waals surface area contributed by atoms with Crippen molar-refractivity contribution in [1.29, 1.82) is 0 Å². The molecule has 0 fully saturated rings. The second-order valence-corrected chi connectivity index (χ2v) is 6.44. The first-order chi connectivity index (χ1) is 13.9. The van der Waals surface area contributed by atoms with Gasteiger partial charge in [0, 0.05) is 23.4 Å². The minimum absolute atomic E-state index is 0.0940. The lowest BCUT2D eigenvalue weighted by Gasteiger charge is -2.08. The third-order valence-corrected chi connectivity index (χ3v) is 4.12. The fourth-order valence-electron chi connectivity index (χ4n) is 2.49. The number of ketones is 1. The minimum atomic E-state index is -0.644. The third kappa shape index (κ3) is 7.57. The van der Waals surface area contributed by atoms with Gasteiger partial charge in [0.05, 0.1) is 6.42 Å². The van der Waals surface area contributed by atoms with E-state index < -0.39 is 18.5 Å². The maximum atomic E-state index is 11.9. The first-order valence-electron chi connectivity index (χ1n) is 9.32. The van der Waals surface area contributed by atoms with Gasteiger partial charge in [-0.3, -0.25) is 19.2 Å². The van der Waals surface area contributed by atoms with Crippen LogP contribution in [0.5, 0.6) is 0 Å². The highest BCUT2D eigenvalue weighted by molar-refractivity contribution is 5.97. The lowest BCUT2D eigenvalue weighted by atomic mass is 10.1. The molecule has 0 aliphatic heterocycles. The van der Waals surface area contributed by atoms with Gasteiger partial charge in [-0.2, -0.15) is 0 Å². The van der Waals surface area contributed by atoms with E-state index in [1.54, 1.807) is 36.4 Å². The van der Waals surface area contributed by atoms with Crippen LogP contribution in [-0.4, -0.2) is 30.2 Å². The summed E-state index contributed by atoms with van der Waals surface area (Å²) in [6.07, 6.45) is 0.654. The van der Waals surface area contributed by atoms with Gasteiger partial charge >= 0.3 is 5.97 Å². The Kier molecular flexibility index (Phi) is 8.09. The summed E-state index contributed by atoms with van der Waals surface area (Å²) in [6.45, 7) is 3.06. The number of Topliss-reactive ketones (excluding diaryl/α,β-unsaturated/α-hetero) is 1. The summed E-state index contributed by atoms with van der Waals surface area (Å²) in [7, 11) is 0. The minimum Gasteiger partial charge on any atom is -0.456 e. The molecule has 0 atom stereocenters. The lowest BCUT2D eigenvalue weighted by molar-refractivity contribution is -0.147. The summed E-state index contributed by atoms with van der Waals surface area (Å²) < 4.78 is 4.90. The Morgan fingerprint density at radius 1 is 0.862 bits per heavy atom. The molecule has 7 heteroatoms. The first kappa shape index (κ1) is 21.8. The lowest BCUT2D eigenvalue weighted by Crippen LogP contribution is -2.21. The van der Waals surface area contributed by atoms with Crippen LogP contribution < -0.4 is 10.6 Å². The molecule has 0 aromatic heterocycles. The van der Waals surface area contributed by atoms with Crippen molar-refractivity contribution in [2.45, 2.75) is 33.1 Å². The second kappa shape index (κ2) is 10.8. The van der Waals surface area contributed by atoms with Crippen molar-refractivity contribution in [3.63, 3.8) is 0 Å². The van der Waals surface area contributed by atoms with Crippen LogP contribution in [-0.2, 0) is 25.5 Å². The van der Waals surface area contributed by atoms with E-state index in [2.05, 4.69) is 10.6 Å². The molecule has 0 saturated heterocycles. The Morgan fingerprint density at radius 3 is 2.21 bits per heavy atom. The van der Waals surface area contributed by atoms with E-state index in [0.717, 1.165) is 12.0 Å². The normalized spacial score (nSPS) is 10.1. The standard InChI is InChI=1S/C22H24N2O5/c1-3-16-7-9-18(10-8-16)23-21(27)14-29-22(28)12-11-20(26)24-19-6-4-5-17(13-19)15(2)25/h4-10,13H,3,11-12,14H2,1-2H3,(H,23,27)(H,24,26). The number of carbonyl (C=O) groups is 4. The average Bonchev–Trinajstić information content (AvgIpc) is 2.71. The largest absolute Gasteiger partial charge is 0.456 e. The molecule has 0 unspecified atom stereocenters. The molecule has 2 aromatic carbocycles. The molecule has 0 spiro atoms. The molecule has 0 radical (unpaired) electrons. The maximum absolute atomic E-state index is 11.9. The van der Waals surface area contributed by atoms with E-state index in [1.165, 1.54) is 6.92 Å². The monoisotopic (exact) mass is 396 g/mol. The summed E-state index contributed by atoms with van der Waals surface area (Å²) in [5.74, 6) is -1.59. The number of rotatable bonds is 9. The predicted molar refractivity (Wildman–Crippen MR) is 110 cm³/mol. The molecule has 0 aliphatic rings. The van der Waals surface area contributed by atoms with Gasteiger partial charge in [0.1, 0.15) is 0 Å². The van der Waals surface area contributed by atoms with Gasteiger partial charge in [-0.1, -0.05) is 31.2 Å². The zero-order chi connectivity index (χ0) is 21.2. The van der Waals surface area contributed by atoms with Crippen LogP contribution in [0.1, 0.15) is 42.6 Å². The van der Waals surface area contributed by atoms with E-state index in [1.807, 2.05) is 19.1 Å². The van der Waals surface area contributed by atoms with Gasteiger partial charge in [0.15, 0.2) is 12.4 Å². The van der Waals surface area contributed by atoms with Crippen LogP contribution in [0.4, 0.5) is 11.4 Å². The number of esters is 1. The van der Waals surface area contributed by atoms with Crippen LogP contribution in [0.3, 0.4) is 0 Å².